The van der Waals surface area contributed by atoms with Crippen LogP contribution < -0.4 is 5.32 Å². The largest absolute Gasteiger partial charge is 0.297 e. The van der Waals surface area contributed by atoms with Crippen molar-refractivity contribution in [3.63, 3.8) is 0 Å². The van der Waals surface area contributed by atoms with Gasteiger partial charge in [0.15, 0.2) is 5.13 Å². The van der Waals surface area contributed by atoms with Gasteiger partial charge >= 0.3 is 0 Å². The lowest BCUT2D eigenvalue weighted by Crippen LogP contribution is -2.33. The van der Waals surface area contributed by atoms with Crippen LogP contribution in [0.2, 0.25) is 0 Å². The third-order valence-corrected chi connectivity index (χ3v) is 6.50. The molecule has 5 nitrogen and oxygen atoms in total. The van der Waals surface area contributed by atoms with Gasteiger partial charge in [0.2, 0.25) is 0 Å². The highest BCUT2D eigenvalue weighted by molar-refractivity contribution is 7.15. The van der Waals surface area contributed by atoms with Gasteiger partial charge in [0.05, 0.1) is 16.9 Å². The second-order valence-corrected chi connectivity index (χ2v) is 9.75. The van der Waals surface area contributed by atoms with Crippen LogP contribution in [0.25, 0.3) is 0 Å². The Morgan fingerprint density at radius 1 is 1.44 bits per heavy atom. The van der Waals surface area contributed by atoms with E-state index in [0.29, 0.717) is 10.0 Å². The normalized spacial score (nSPS) is 19.1. The van der Waals surface area contributed by atoms with E-state index >= 15 is 0 Å². The number of hydrogen-bond donors (Lipinski definition) is 1. The first-order valence-electron chi connectivity index (χ1n) is 8.75. The summed E-state index contributed by atoms with van der Waals surface area (Å²) in [5.74, 6) is 0.635. The van der Waals surface area contributed by atoms with Crippen molar-refractivity contribution in [3.05, 3.63) is 27.2 Å². The number of piperidine rings is 1. The summed E-state index contributed by atoms with van der Waals surface area (Å²) in [7, 11) is 0. The predicted molar refractivity (Wildman–Crippen MR) is 105 cm³/mol. The number of amides is 1. The molecule has 1 fully saturated rings. The summed E-state index contributed by atoms with van der Waals surface area (Å²) in [5.41, 5.74) is 0.998. The molecule has 0 saturated carbocycles. The highest BCUT2D eigenvalue weighted by atomic mass is 32.1. The average Bonchev–Trinajstić information content (AvgIpc) is 3.16. The highest BCUT2D eigenvalue weighted by Crippen LogP contribution is 2.27. The molecule has 1 N–H and O–H groups in total. The summed E-state index contributed by atoms with van der Waals surface area (Å²) in [5, 5.41) is 6.59. The smallest absolute Gasteiger partial charge is 0.269 e. The number of aromatic nitrogens is 2. The molecule has 1 aliphatic heterocycles. The van der Waals surface area contributed by atoms with Gasteiger partial charge in [-0.3, -0.25) is 15.0 Å². The maximum absolute atomic E-state index is 12.4. The molecule has 2 aromatic heterocycles. The third-order valence-electron chi connectivity index (χ3n) is 4.27. The SMILES string of the molecule is CC1CCCN(Cc2csc(NC(=O)c3cnc(C(C)(C)C)s3)n2)C1. The topological polar surface area (TPSA) is 58.1 Å². The minimum Gasteiger partial charge on any atom is -0.297 e. The number of hydrogen-bond acceptors (Lipinski definition) is 6. The standard InChI is InChI=1S/C18H26N4OS2/c1-12-6-5-7-22(9-12)10-13-11-24-17(20-13)21-15(23)14-8-19-16(25-14)18(2,3)4/h8,11-12H,5-7,9-10H2,1-4H3,(H,20,21,23). The Morgan fingerprint density at radius 2 is 2.24 bits per heavy atom. The first-order valence-corrected chi connectivity index (χ1v) is 10.5. The van der Waals surface area contributed by atoms with Crippen molar-refractivity contribution in [2.75, 3.05) is 18.4 Å². The first-order chi connectivity index (χ1) is 11.8. The van der Waals surface area contributed by atoms with Crippen LogP contribution in [0, 0.1) is 5.92 Å². The average molecular weight is 379 g/mol. The Balaban J connectivity index is 1.59. The van der Waals surface area contributed by atoms with Gasteiger partial charge in [-0.1, -0.05) is 27.7 Å². The predicted octanol–water partition coefficient (Wildman–Crippen LogP) is 4.38. The molecule has 0 radical (unpaired) electrons. The van der Waals surface area contributed by atoms with E-state index in [0.717, 1.165) is 36.3 Å². The van der Waals surface area contributed by atoms with Crippen molar-refractivity contribution < 1.29 is 4.79 Å². The van der Waals surface area contributed by atoms with Crippen LogP contribution in [0.15, 0.2) is 11.6 Å². The molecule has 0 aromatic carbocycles. The maximum Gasteiger partial charge on any atom is 0.269 e. The summed E-state index contributed by atoms with van der Waals surface area (Å²) >= 11 is 2.94. The van der Waals surface area contributed by atoms with Gasteiger partial charge in [-0.15, -0.1) is 22.7 Å². The molecule has 1 amide bonds. The zero-order chi connectivity index (χ0) is 18.0. The fourth-order valence-corrected chi connectivity index (χ4v) is 4.55. The van der Waals surface area contributed by atoms with Crippen LogP contribution in [-0.4, -0.2) is 33.9 Å². The Morgan fingerprint density at radius 3 is 2.92 bits per heavy atom. The Labute approximate surface area is 157 Å². The minimum atomic E-state index is -0.125. The second kappa shape index (κ2) is 7.51. The van der Waals surface area contributed by atoms with Crippen LogP contribution in [-0.2, 0) is 12.0 Å². The van der Waals surface area contributed by atoms with E-state index in [1.54, 1.807) is 6.20 Å². The van der Waals surface area contributed by atoms with Gasteiger partial charge in [0.25, 0.3) is 5.91 Å². The molecule has 2 aromatic rings. The van der Waals surface area contributed by atoms with Crippen LogP contribution in [0.5, 0.6) is 0 Å². The lowest BCUT2D eigenvalue weighted by atomic mass is 9.98. The number of nitrogens with one attached hydrogen (secondary N) is 1. The quantitative estimate of drug-likeness (QED) is 0.858. The molecular weight excluding hydrogens is 352 g/mol. The van der Waals surface area contributed by atoms with Crippen LogP contribution >= 0.6 is 22.7 Å². The van der Waals surface area contributed by atoms with Gasteiger partial charge in [0, 0.05) is 23.9 Å². The molecule has 1 aliphatic rings. The summed E-state index contributed by atoms with van der Waals surface area (Å²) in [6.07, 6.45) is 4.24. The summed E-state index contributed by atoms with van der Waals surface area (Å²) in [6, 6.07) is 0. The van der Waals surface area contributed by atoms with Gasteiger partial charge in [0.1, 0.15) is 4.88 Å². The van der Waals surface area contributed by atoms with Crippen LogP contribution in [0.1, 0.15) is 60.9 Å². The third kappa shape index (κ3) is 4.86. The molecule has 1 saturated heterocycles. The summed E-state index contributed by atoms with van der Waals surface area (Å²) < 4.78 is 0. The van der Waals surface area contributed by atoms with Crippen molar-refractivity contribution in [1.29, 1.82) is 0 Å². The molecule has 25 heavy (non-hydrogen) atoms. The molecular formula is C18H26N4OS2. The van der Waals surface area contributed by atoms with Crippen LogP contribution in [0.4, 0.5) is 5.13 Å². The summed E-state index contributed by atoms with van der Waals surface area (Å²) in [4.78, 5) is 24.4. The van der Waals surface area contributed by atoms with E-state index in [2.05, 4.69) is 47.9 Å². The maximum atomic E-state index is 12.4. The lowest BCUT2D eigenvalue weighted by molar-refractivity contribution is 0.103. The number of likely N-dealkylation sites (tertiary alicyclic amines) is 1. The molecule has 1 unspecified atom stereocenters. The molecule has 7 heteroatoms. The molecule has 0 bridgehead atoms. The van der Waals surface area contributed by atoms with Gasteiger partial charge in [-0.2, -0.15) is 0 Å². The van der Waals surface area contributed by atoms with Crippen molar-refractivity contribution in [2.24, 2.45) is 5.92 Å². The zero-order valence-electron chi connectivity index (χ0n) is 15.3. The monoisotopic (exact) mass is 378 g/mol. The molecule has 1 atom stereocenters. The number of anilines is 1. The Kier molecular flexibility index (Phi) is 5.55. The molecule has 136 valence electrons. The molecule has 3 rings (SSSR count). The van der Waals surface area contributed by atoms with E-state index in [9.17, 15) is 4.79 Å². The Bertz CT molecular complexity index is 732. The fourth-order valence-electron chi connectivity index (χ4n) is 2.98. The number of thiazole rings is 2. The molecule has 0 aliphatic carbocycles. The minimum absolute atomic E-state index is 0.0386. The summed E-state index contributed by atoms with van der Waals surface area (Å²) in [6.45, 7) is 11.7. The van der Waals surface area contributed by atoms with Crippen molar-refractivity contribution >= 4 is 33.7 Å². The van der Waals surface area contributed by atoms with Crippen molar-refractivity contribution in [3.8, 4) is 0 Å². The first kappa shape index (κ1) is 18.5. The van der Waals surface area contributed by atoms with Crippen LogP contribution in [0.3, 0.4) is 0 Å². The molecule has 3 heterocycles. The molecule has 0 spiro atoms. The van der Waals surface area contributed by atoms with Gasteiger partial charge in [-0.05, 0) is 25.3 Å². The lowest BCUT2D eigenvalue weighted by Gasteiger charge is -2.30. The zero-order valence-corrected chi connectivity index (χ0v) is 17.0. The number of nitrogens with zero attached hydrogens (tertiary/aromatic N) is 3. The number of carbonyl (C=O) groups is 1. The highest BCUT2D eigenvalue weighted by Gasteiger charge is 2.21. The fraction of sp³-hybridized carbons (Fsp3) is 0.611. The number of rotatable bonds is 4. The van der Waals surface area contributed by atoms with E-state index < -0.39 is 0 Å². The van der Waals surface area contributed by atoms with E-state index in [1.807, 2.05) is 5.38 Å². The van der Waals surface area contributed by atoms with Crippen molar-refractivity contribution in [1.82, 2.24) is 14.9 Å². The van der Waals surface area contributed by atoms with Gasteiger partial charge in [-0.25, -0.2) is 9.97 Å². The van der Waals surface area contributed by atoms with E-state index in [1.165, 1.54) is 35.5 Å². The van der Waals surface area contributed by atoms with Gasteiger partial charge < -0.3 is 0 Å². The van der Waals surface area contributed by atoms with E-state index in [-0.39, 0.29) is 11.3 Å². The van der Waals surface area contributed by atoms with E-state index in [4.69, 9.17) is 0 Å². The number of carbonyl (C=O) groups excluding carboxylic acids is 1. The second-order valence-electron chi connectivity index (χ2n) is 7.86. The Hall–Kier alpha value is -1.31. The van der Waals surface area contributed by atoms with Crippen molar-refractivity contribution in [2.45, 2.75) is 52.5 Å².